The van der Waals surface area contributed by atoms with Crippen molar-refractivity contribution < 1.29 is 33.8 Å². The van der Waals surface area contributed by atoms with Gasteiger partial charge in [0.2, 0.25) is 5.91 Å². The van der Waals surface area contributed by atoms with Gasteiger partial charge in [-0.2, -0.15) is 0 Å². The van der Waals surface area contributed by atoms with Crippen molar-refractivity contribution in [3.05, 3.63) is 59.0 Å². The molecule has 2 aromatic rings. The van der Waals surface area contributed by atoms with Crippen LogP contribution >= 0.6 is 0 Å². The van der Waals surface area contributed by atoms with Crippen molar-refractivity contribution in [3.63, 3.8) is 0 Å². The molecule has 1 aromatic heterocycles. The molecule has 1 aromatic carbocycles. The van der Waals surface area contributed by atoms with Crippen LogP contribution in [0.3, 0.4) is 0 Å². The molecule has 12 nitrogen and oxygen atoms in total. The summed E-state index contributed by atoms with van der Waals surface area (Å²) in [5.74, 6) is -1.24. The predicted octanol–water partition coefficient (Wildman–Crippen LogP) is 4.37. The molecule has 0 saturated carbocycles. The number of benzene rings is 1. The van der Waals surface area contributed by atoms with E-state index in [4.69, 9.17) is 9.47 Å². The van der Waals surface area contributed by atoms with Crippen LogP contribution in [0.25, 0.3) is 0 Å². The maximum atomic E-state index is 14.8. The monoisotopic (exact) mass is 679 g/mol. The number of aryl methyl sites for hydroxylation is 1. The molecule has 1 unspecified atom stereocenters. The fraction of sp³-hybridized carbons (Fsp3) is 0.571. The highest BCUT2D eigenvalue weighted by Crippen LogP contribution is 2.60. The van der Waals surface area contributed by atoms with Crippen LogP contribution < -0.4 is 9.80 Å². The van der Waals surface area contributed by atoms with Gasteiger partial charge >= 0.3 is 5.97 Å². The third-order valence-electron chi connectivity index (χ3n) is 9.76. The summed E-state index contributed by atoms with van der Waals surface area (Å²) in [5, 5.41) is 17.6. The minimum atomic E-state index is -2.91. The Kier molecular flexibility index (Phi) is 10.4. The van der Waals surface area contributed by atoms with Gasteiger partial charge < -0.3 is 24.3 Å². The predicted molar refractivity (Wildman–Crippen MR) is 183 cm³/mol. The summed E-state index contributed by atoms with van der Waals surface area (Å²) in [7, 11) is -2.91. The summed E-state index contributed by atoms with van der Waals surface area (Å²) in [5.41, 5.74) is 3.29. The molecule has 4 heterocycles. The number of allylic oxidation sites excluding steroid dienone is 3. The van der Waals surface area contributed by atoms with E-state index >= 15 is 0 Å². The second kappa shape index (κ2) is 14.1. The molecule has 13 heteroatoms. The smallest absolute Gasteiger partial charge is 0.304 e. The maximum absolute atomic E-state index is 14.8. The molecule has 0 bridgehead atoms. The molecule has 0 aliphatic carbocycles. The van der Waals surface area contributed by atoms with Gasteiger partial charge in [0.1, 0.15) is 0 Å². The number of rotatable bonds is 13. The number of carbonyl (C=O) groups excluding carboxylic acids is 3. The van der Waals surface area contributed by atoms with Gasteiger partial charge in [-0.05, 0) is 71.3 Å². The van der Waals surface area contributed by atoms with E-state index in [1.165, 1.54) is 23.0 Å². The molecule has 3 aliphatic rings. The van der Waals surface area contributed by atoms with E-state index in [0.29, 0.717) is 48.6 Å². The molecule has 0 radical (unpaired) electrons. The number of nitrogens with zero attached hydrogens (tertiary/aromatic N) is 5. The average molecular weight is 680 g/mol. The van der Waals surface area contributed by atoms with E-state index in [1.54, 1.807) is 21.8 Å². The number of amides is 2. The number of aliphatic hydroxyl groups excluding tert-OH is 1. The highest BCUT2D eigenvalue weighted by Gasteiger charge is 2.66. The van der Waals surface area contributed by atoms with E-state index in [1.807, 2.05) is 32.2 Å². The molecule has 5 rings (SSSR count). The van der Waals surface area contributed by atoms with Crippen molar-refractivity contribution in [3.8, 4) is 0 Å². The zero-order valence-electron chi connectivity index (χ0n) is 29.1. The lowest BCUT2D eigenvalue weighted by Gasteiger charge is -2.39. The van der Waals surface area contributed by atoms with Crippen LogP contribution in [0.2, 0.25) is 18.6 Å². The van der Waals surface area contributed by atoms with Gasteiger partial charge in [-0.1, -0.05) is 35.4 Å². The van der Waals surface area contributed by atoms with Gasteiger partial charge in [0.15, 0.2) is 20.1 Å². The Morgan fingerprint density at radius 3 is 2.58 bits per heavy atom. The lowest BCUT2D eigenvalue weighted by molar-refractivity contribution is -0.153. The third kappa shape index (κ3) is 6.91. The van der Waals surface area contributed by atoms with Gasteiger partial charge in [-0.25, -0.2) is 0 Å². The fourth-order valence-electron chi connectivity index (χ4n) is 7.52. The number of esters is 1. The first-order chi connectivity index (χ1) is 22.7. The number of fused-ring (bicyclic) bond motifs is 2. The van der Waals surface area contributed by atoms with Crippen molar-refractivity contribution >= 4 is 37.5 Å². The third-order valence-corrected chi connectivity index (χ3v) is 12.3. The first-order valence-corrected chi connectivity index (χ1v) is 19.8. The lowest BCUT2D eigenvalue weighted by Crippen LogP contribution is -2.55. The normalized spacial score (nSPS) is 25.5. The molecule has 2 amide bonds. The Morgan fingerprint density at radius 2 is 1.94 bits per heavy atom. The number of carbonyl (C=O) groups is 3. The maximum Gasteiger partial charge on any atom is 0.304 e. The summed E-state index contributed by atoms with van der Waals surface area (Å²) in [6, 6.07) is 5.45. The van der Waals surface area contributed by atoms with E-state index < -0.39 is 32.2 Å². The van der Waals surface area contributed by atoms with Crippen LogP contribution in [-0.2, 0) is 42.4 Å². The SMILES string of the molecule is CC(=O)OC1CC(=O)N1c1ccc2c(c1)[C@@]1(O[C@H](CCn3cc(CCO)nn3)[C@@H]([Si](C)(C)O)[C@@H]1C)C(=O)N2C/C=C(\C)CCC=C(C)C. The standard InChI is InChI=1S/C35H49N5O7Si/c1-22(2)9-8-10-23(3)13-17-39-29-12-11-27(40-31(43)20-32(40)46-25(5)42)19-28(29)35(34(39)44)24(4)33(48(6,7)45)30(47-35)14-16-38-21-26(15-18-41)36-37-38/h9,11-13,19,21,24,30,32-33,41,45H,8,10,14-18,20H2,1-7H3/b23-13+/t24-,30+,32?,33-,35+/m0/s1. The molecule has 2 fully saturated rings. The molecule has 5 atom stereocenters. The quantitative estimate of drug-likeness (QED) is 0.136. The van der Waals surface area contributed by atoms with E-state index in [0.717, 1.165) is 12.8 Å². The Hall–Kier alpha value is -3.65. The minimum absolute atomic E-state index is 0.0222. The molecule has 1 spiro atoms. The van der Waals surface area contributed by atoms with Crippen LogP contribution in [0.4, 0.5) is 11.4 Å². The van der Waals surface area contributed by atoms with Crippen LogP contribution in [0, 0.1) is 5.92 Å². The highest BCUT2D eigenvalue weighted by molar-refractivity contribution is 6.71. The number of β-lactam (4-membered cyclic amide) rings is 1. The molecule has 2 saturated heterocycles. The van der Waals surface area contributed by atoms with E-state index in [9.17, 15) is 24.3 Å². The summed E-state index contributed by atoms with van der Waals surface area (Å²) >= 11 is 0. The van der Waals surface area contributed by atoms with Gasteiger partial charge in [0.05, 0.1) is 23.9 Å². The number of anilines is 2. The summed E-state index contributed by atoms with van der Waals surface area (Å²) in [6.45, 7) is 14.1. The van der Waals surface area contributed by atoms with Crippen molar-refractivity contribution in [1.82, 2.24) is 15.0 Å². The van der Waals surface area contributed by atoms with Gasteiger partial charge in [0.25, 0.3) is 5.91 Å². The van der Waals surface area contributed by atoms with Crippen LogP contribution in [-0.4, -0.2) is 76.5 Å². The molecule has 2 N–H and O–H groups in total. The van der Waals surface area contributed by atoms with Crippen molar-refractivity contribution in [1.29, 1.82) is 0 Å². The Bertz CT molecular complexity index is 1610. The van der Waals surface area contributed by atoms with Crippen molar-refractivity contribution in [2.75, 3.05) is 23.0 Å². The summed E-state index contributed by atoms with van der Waals surface area (Å²) in [4.78, 5) is 54.2. The summed E-state index contributed by atoms with van der Waals surface area (Å²) in [6.07, 6.45) is 7.68. The van der Waals surface area contributed by atoms with Crippen LogP contribution in [0.1, 0.15) is 71.6 Å². The Morgan fingerprint density at radius 1 is 1.19 bits per heavy atom. The average Bonchev–Trinajstić information content (AvgIpc) is 3.63. The largest absolute Gasteiger partial charge is 0.441 e. The van der Waals surface area contributed by atoms with E-state index in [2.05, 4.69) is 43.2 Å². The zero-order chi connectivity index (χ0) is 35.0. The second-order valence-corrected chi connectivity index (χ2v) is 18.1. The molecule has 3 aliphatic heterocycles. The Labute approximate surface area is 283 Å². The number of aliphatic hydroxyl groups is 1. The first kappa shape index (κ1) is 35.6. The Balaban J connectivity index is 1.53. The van der Waals surface area contributed by atoms with Gasteiger partial charge in [-0.15, -0.1) is 5.10 Å². The van der Waals surface area contributed by atoms with E-state index in [-0.39, 0.29) is 36.3 Å². The molecule has 48 heavy (non-hydrogen) atoms. The number of hydrogen-bond donors (Lipinski definition) is 2. The summed E-state index contributed by atoms with van der Waals surface area (Å²) < 4.78 is 14.1. The van der Waals surface area contributed by atoms with Crippen LogP contribution in [0.5, 0.6) is 0 Å². The van der Waals surface area contributed by atoms with Crippen molar-refractivity contribution in [2.45, 2.75) is 110 Å². The first-order valence-electron chi connectivity index (χ1n) is 16.8. The minimum Gasteiger partial charge on any atom is -0.441 e. The number of aromatic nitrogens is 3. The number of ether oxygens (including phenoxy) is 2. The second-order valence-electron chi connectivity index (χ2n) is 14.1. The lowest BCUT2D eigenvalue weighted by atomic mass is 9.82. The molecule has 260 valence electrons. The molecular weight excluding hydrogens is 630 g/mol. The van der Waals surface area contributed by atoms with Crippen LogP contribution in [0.15, 0.2) is 47.7 Å². The zero-order valence-corrected chi connectivity index (χ0v) is 30.1. The molecular formula is C35H49N5O7Si. The topological polar surface area (TPSA) is 147 Å². The highest BCUT2D eigenvalue weighted by atomic mass is 28.4. The van der Waals surface area contributed by atoms with Gasteiger partial charge in [-0.3, -0.25) is 24.0 Å². The van der Waals surface area contributed by atoms with Crippen molar-refractivity contribution in [2.24, 2.45) is 5.92 Å². The fourth-order valence-corrected chi connectivity index (χ4v) is 10.1. The van der Waals surface area contributed by atoms with Gasteiger partial charge in [0, 0.05) is 61.9 Å². The number of hydrogen-bond acceptors (Lipinski definition) is 9.